The third kappa shape index (κ3) is 4.22. The predicted octanol–water partition coefficient (Wildman–Crippen LogP) is 3.28. The van der Waals surface area contributed by atoms with Crippen LogP contribution in [0.15, 0.2) is 36.9 Å². The van der Waals surface area contributed by atoms with Gasteiger partial charge in [0.15, 0.2) is 5.82 Å². The minimum atomic E-state index is -1.12. The number of amides is 1. The average molecular weight is 477 g/mol. The van der Waals surface area contributed by atoms with Crippen molar-refractivity contribution in [1.82, 2.24) is 19.5 Å². The van der Waals surface area contributed by atoms with Gasteiger partial charge in [-0.05, 0) is 51.3 Å². The number of nitriles is 1. The molecule has 2 aliphatic rings. The van der Waals surface area contributed by atoms with E-state index in [4.69, 9.17) is 9.47 Å². The lowest BCUT2D eigenvalue weighted by Gasteiger charge is -2.44. The van der Waals surface area contributed by atoms with E-state index in [-0.39, 0.29) is 0 Å². The first-order valence-corrected chi connectivity index (χ1v) is 11.6. The summed E-state index contributed by atoms with van der Waals surface area (Å²) in [6, 6.07) is 7.61. The highest BCUT2D eigenvalue weighted by Crippen LogP contribution is 2.45. The van der Waals surface area contributed by atoms with Gasteiger partial charge < -0.3 is 19.1 Å². The van der Waals surface area contributed by atoms with Crippen LogP contribution in [-0.2, 0) is 21.6 Å². The Balaban J connectivity index is 1.39. The number of imidazole rings is 1. The molecule has 1 saturated heterocycles. The number of hydrogen-bond acceptors (Lipinski definition) is 8. The first-order chi connectivity index (χ1) is 16.7. The monoisotopic (exact) mass is 476 g/mol. The number of aromatic nitrogens is 4. The van der Waals surface area contributed by atoms with Crippen molar-refractivity contribution >= 4 is 22.9 Å². The Kier molecular flexibility index (Phi) is 5.49. The molecule has 0 bridgehead atoms. The van der Waals surface area contributed by atoms with Crippen molar-refractivity contribution in [3.8, 4) is 6.07 Å². The minimum Gasteiger partial charge on any atom is -0.440 e. The van der Waals surface area contributed by atoms with Gasteiger partial charge in [0.1, 0.15) is 11.2 Å². The van der Waals surface area contributed by atoms with E-state index in [1.165, 1.54) is 17.3 Å². The third-order valence-electron chi connectivity index (χ3n) is 7.06. The molecule has 3 heterocycles. The second-order valence-corrected chi connectivity index (χ2v) is 10.1. The third-order valence-corrected chi connectivity index (χ3v) is 7.06. The van der Waals surface area contributed by atoms with Crippen LogP contribution in [0.1, 0.15) is 50.8 Å². The molecule has 0 unspecified atom stereocenters. The summed E-state index contributed by atoms with van der Waals surface area (Å²) in [4.78, 5) is 27.5. The van der Waals surface area contributed by atoms with Gasteiger partial charge in [-0.3, -0.25) is 9.88 Å². The number of fused-ring (bicyclic) bond motifs is 1. The average Bonchev–Trinajstić information content (AvgIpc) is 3.38. The summed E-state index contributed by atoms with van der Waals surface area (Å²) in [5.74, 6) is 0.387. The summed E-state index contributed by atoms with van der Waals surface area (Å²) in [6.07, 6.45) is 7.14. The van der Waals surface area contributed by atoms with Crippen molar-refractivity contribution in [2.45, 2.75) is 62.9 Å². The van der Waals surface area contributed by atoms with Crippen molar-refractivity contribution < 1.29 is 19.4 Å². The van der Waals surface area contributed by atoms with Crippen LogP contribution < -0.4 is 4.90 Å². The van der Waals surface area contributed by atoms with Crippen LogP contribution in [0.2, 0.25) is 0 Å². The molecule has 182 valence electrons. The summed E-state index contributed by atoms with van der Waals surface area (Å²) in [5, 5.41) is 19.4. The van der Waals surface area contributed by atoms with E-state index < -0.39 is 22.9 Å². The van der Waals surface area contributed by atoms with Crippen molar-refractivity contribution in [1.29, 1.82) is 5.26 Å². The fourth-order valence-electron chi connectivity index (χ4n) is 5.23. The SMILES string of the molecule is CO[C@]1(Cn2cnc3ccc(C#N)cc32)CCC[C@@]2(CN(c3cnc(C(C)(C)O)cn3)C(=O)O2)C1. The Morgan fingerprint density at radius 1 is 1.26 bits per heavy atom. The Labute approximate surface area is 203 Å². The summed E-state index contributed by atoms with van der Waals surface area (Å²) >= 11 is 0. The highest BCUT2D eigenvalue weighted by molar-refractivity contribution is 5.89. The molecule has 5 rings (SSSR count). The molecule has 3 aromatic rings. The molecule has 1 saturated carbocycles. The van der Waals surface area contributed by atoms with Gasteiger partial charge in [-0.2, -0.15) is 5.26 Å². The summed E-state index contributed by atoms with van der Waals surface area (Å²) in [5.41, 5.74) is 0.275. The van der Waals surface area contributed by atoms with E-state index in [1.807, 2.05) is 16.7 Å². The van der Waals surface area contributed by atoms with Crippen LogP contribution in [0, 0.1) is 11.3 Å². The number of carbonyl (C=O) groups excluding carboxylic acids is 1. The standard InChI is InChI=1S/C25H28N6O4/c1-23(2,33)20-11-28-21(12-27-20)31-15-25(35-22(31)32)8-4-7-24(13-25,34-3)14-30-16-29-18-6-5-17(10-26)9-19(18)30/h5-6,9,11-12,16,33H,4,7-8,13-15H2,1-3H3/t24-,25+/m1/s1. The number of anilines is 1. The first kappa shape index (κ1) is 23.2. The number of rotatable bonds is 5. The van der Waals surface area contributed by atoms with Gasteiger partial charge in [0.25, 0.3) is 0 Å². The Hall–Kier alpha value is -3.55. The van der Waals surface area contributed by atoms with Crippen LogP contribution >= 0.6 is 0 Å². The zero-order chi connectivity index (χ0) is 24.8. The highest BCUT2D eigenvalue weighted by Gasteiger charge is 2.54. The largest absolute Gasteiger partial charge is 0.440 e. The lowest BCUT2D eigenvalue weighted by Crippen LogP contribution is -2.51. The first-order valence-electron chi connectivity index (χ1n) is 11.6. The molecule has 10 heteroatoms. The molecule has 1 aromatic carbocycles. The fourth-order valence-corrected chi connectivity index (χ4v) is 5.23. The number of methoxy groups -OCH3 is 1. The topological polar surface area (TPSA) is 126 Å². The molecule has 2 atom stereocenters. The molecule has 0 radical (unpaired) electrons. The smallest absolute Gasteiger partial charge is 0.416 e. The summed E-state index contributed by atoms with van der Waals surface area (Å²) < 4.78 is 14.1. The van der Waals surface area contributed by atoms with Gasteiger partial charge in [0.05, 0.1) is 65.8 Å². The van der Waals surface area contributed by atoms with Gasteiger partial charge >= 0.3 is 6.09 Å². The number of ether oxygens (including phenoxy) is 2. The van der Waals surface area contributed by atoms with Gasteiger partial charge in [-0.25, -0.2) is 14.8 Å². The van der Waals surface area contributed by atoms with E-state index in [9.17, 15) is 15.2 Å². The molecular weight excluding hydrogens is 448 g/mol. The van der Waals surface area contributed by atoms with Crippen LogP contribution in [-0.4, -0.2) is 55.6 Å². The van der Waals surface area contributed by atoms with Crippen LogP contribution in [0.3, 0.4) is 0 Å². The van der Waals surface area contributed by atoms with Crippen molar-refractivity contribution in [3.63, 3.8) is 0 Å². The van der Waals surface area contributed by atoms with Gasteiger partial charge in [-0.1, -0.05) is 0 Å². The molecule has 35 heavy (non-hydrogen) atoms. The van der Waals surface area contributed by atoms with Crippen LogP contribution in [0.5, 0.6) is 0 Å². The second kappa shape index (κ2) is 8.29. The molecule has 1 aliphatic heterocycles. The maximum atomic E-state index is 12.9. The van der Waals surface area contributed by atoms with Crippen LogP contribution in [0.25, 0.3) is 11.0 Å². The molecule has 1 amide bonds. The van der Waals surface area contributed by atoms with E-state index in [0.29, 0.717) is 36.6 Å². The number of carbonyl (C=O) groups is 1. The maximum absolute atomic E-state index is 12.9. The van der Waals surface area contributed by atoms with Crippen molar-refractivity contribution in [3.05, 3.63) is 48.2 Å². The van der Waals surface area contributed by atoms with E-state index in [2.05, 4.69) is 21.0 Å². The van der Waals surface area contributed by atoms with Gasteiger partial charge in [-0.15, -0.1) is 0 Å². The molecule has 1 spiro atoms. The normalized spacial score (nSPS) is 24.7. The zero-order valence-corrected chi connectivity index (χ0v) is 20.1. The van der Waals surface area contributed by atoms with E-state index >= 15 is 0 Å². The lowest BCUT2D eigenvalue weighted by molar-refractivity contribution is -0.113. The Morgan fingerprint density at radius 3 is 2.77 bits per heavy atom. The Morgan fingerprint density at radius 2 is 2.09 bits per heavy atom. The number of benzene rings is 1. The molecule has 1 aliphatic carbocycles. The summed E-state index contributed by atoms with van der Waals surface area (Å²) in [7, 11) is 1.69. The lowest BCUT2D eigenvalue weighted by atomic mass is 9.74. The van der Waals surface area contributed by atoms with E-state index in [0.717, 1.165) is 30.3 Å². The second-order valence-electron chi connectivity index (χ2n) is 10.1. The Bertz CT molecular complexity index is 1310. The fraction of sp³-hybridized carbons (Fsp3) is 0.480. The molecular formula is C25H28N6O4. The highest BCUT2D eigenvalue weighted by atomic mass is 16.6. The maximum Gasteiger partial charge on any atom is 0.416 e. The summed E-state index contributed by atoms with van der Waals surface area (Å²) in [6.45, 7) is 4.13. The minimum absolute atomic E-state index is 0.344. The molecule has 10 nitrogen and oxygen atoms in total. The van der Waals surface area contributed by atoms with Crippen molar-refractivity contribution in [2.24, 2.45) is 0 Å². The number of hydrogen-bond donors (Lipinski definition) is 1. The van der Waals surface area contributed by atoms with Gasteiger partial charge in [0.2, 0.25) is 0 Å². The van der Waals surface area contributed by atoms with Gasteiger partial charge in [0, 0.05) is 13.5 Å². The number of aliphatic hydroxyl groups is 1. The molecule has 2 fully saturated rings. The predicted molar refractivity (Wildman–Crippen MR) is 126 cm³/mol. The number of nitrogens with zero attached hydrogens (tertiary/aromatic N) is 6. The van der Waals surface area contributed by atoms with Crippen LogP contribution in [0.4, 0.5) is 10.6 Å². The zero-order valence-electron chi connectivity index (χ0n) is 20.1. The van der Waals surface area contributed by atoms with Crippen molar-refractivity contribution in [2.75, 3.05) is 18.6 Å². The van der Waals surface area contributed by atoms with E-state index in [1.54, 1.807) is 33.4 Å². The molecule has 1 N–H and O–H groups in total. The quantitative estimate of drug-likeness (QED) is 0.594. The molecule has 2 aromatic heterocycles.